The first-order valence-electron chi connectivity index (χ1n) is 5.80. The smallest absolute Gasteiger partial charge is 0.222 e. The molecule has 1 N–H and O–H groups in total. The Morgan fingerprint density at radius 1 is 1.24 bits per heavy atom. The highest BCUT2D eigenvalue weighted by Gasteiger charge is 2.12. The molecule has 1 aromatic carbocycles. The highest BCUT2D eigenvalue weighted by atomic mass is 16.2. The van der Waals surface area contributed by atoms with Crippen LogP contribution in [0.4, 0.5) is 0 Å². The van der Waals surface area contributed by atoms with Crippen LogP contribution in [0.1, 0.15) is 35.3 Å². The quantitative estimate of drug-likeness (QED) is 0.811. The van der Waals surface area contributed by atoms with Crippen LogP contribution in [0, 0.1) is 19.8 Å². The van der Waals surface area contributed by atoms with Gasteiger partial charge in [0.25, 0.3) is 0 Å². The van der Waals surface area contributed by atoms with Crippen molar-refractivity contribution in [1.82, 2.24) is 5.32 Å². The summed E-state index contributed by atoms with van der Waals surface area (Å²) in [7, 11) is 0. The first-order valence-corrected chi connectivity index (χ1v) is 5.80. The number of amides is 1. The van der Waals surface area contributed by atoms with Gasteiger partial charge < -0.3 is 5.32 Å². The molecular weight excluding hydrogens is 214 g/mol. The van der Waals surface area contributed by atoms with Gasteiger partial charge in [0.05, 0.1) is 6.54 Å². The Labute approximate surface area is 102 Å². The molecule has 0 bridgehead atoms. The standard InChI is InChI=1S/C14H19NO2/c1-9(2)14(17)15-8-13(16)12-6-5-10(3)7-11(12)4/h5-7,9H,8H2,1-4H3,(H,15,17). The van der Waals surface area contributed by atoms with E-state index in [-0.39, 0.29) is 24.2 Å². The Hall–Kier alpha value is -1.64. The Balaban J connectivity index is 2.68. The summed E-state index contributed by atoms with van der Waals surface area (Å²) in [6.45, 7) is 7.57. The third kappa shape index (κ3) is 3.70. The van der Waals surface area contributed by atoms with Crippen LogP contribution in [-0.4, -0.2) is 18.2 Å². The molecule has 0 aliphatic carbocycles. The number of rotatable bonds is 4. The van der Waals surface area contributed by atoms with Gasteiger partial charge in [0.2, 0.25) is 5.91 Å². The minimum atomic E-state index is -0.0954. The Kier molecular flexibility index (Phi) is 4.44. The second-order valence-corrected chi connectivity index (χ2v) is 4.61. The summed E-state index contributed by atoms with van der Waals surface area (Å²) in [6.07, 6.45) is 0. The van der Waals surface area contributed by atoms with Crippen molar-refractivity contribution in [2.75, 3.05) is 6.54 Å². The summed E-state index contributed by atoms with van der Waals surface area (Å²) >= 11 is 0. The number of carbonyl (C=O) groups excluding carboxylic acids is 2. The molecule has 3 nitrogen and oxygen atoms in total. The molecule has 92 valence electrons. The largest absolute Gasteiger partial charge is 0.348 e. The van der Waals surface area contributed by atoms with Gasteiger partial charge in [-0.2, -0.15) is 0 Å². The predicted molar refractivity (Wildman–Crippen MR) is 68.1 cm³/mol. The molecule has 0 spiro atoms. The fraction of sp³-hybridized carbons (Fsp3) is 0.429. The third-order valence-electron chi connectivity index (χ3n) is 2.63. The topological polar surface area (TPSA) is 46.2 Å². The predicted octanol–water partition coefficient (Wildman–Crippen LogP) is 2.26. The first-order chi connectivity index (χ1) is 7.91. The second-order valence-electron chi connectivity index (χ2n) is 4.61. The van der Waals surface area contributed by atoms with Crippen molar-refractivity contribution in [3.63, 3.8) is 0 Å². The molecule has 0 aliphatic rings. The van der Waals surface area contributed by atoms with Crippen molar-refractivity contribution in [3.8, 4) is 0 Å². The lowest BCUT2D eigenvalue weighted by Crippen LogP contribution is -2.32. The highest BCUT2D eigenvalue weighted by Crippen LogP contribution is 2.10. The van der Waals surface area contributed by atoms with E-state index in [0.29, 0.717) is 5.56 Å². The van der Waals surface area contributed by atoms with E-state index in [2.05, 4.69) is 5.32 Å². The number of Topliss-reactive ketones (excluding diaryl/α,β-unsaturated/α-hetero) is 1. The normalized spacial score (nSPS) is 10.4. The van der Waals surface area contributed by atoms with Gasteiger partial charge in [-0.3, -0.25) is 9.59 Å². The second kappa shape index (κ2) is 5.62. The van der Waals surface area contributed by atoms with Crippen molar-refractivity contribution in [2.24, 2.45) is 5.92 Å². The van der Waals surface area contributed by atoms with Crippen molar-refractivity contribution in [2.45, 2.75) is 27.7 Å². The van der Waals surface area contributed by atoms with E-state index in [1.807, 2.05) is 32.0 Å². The van der Waals surface area contributed by atoms with Crippen LogP contribution in [-0.2, 0) is 4.79 Å². The van der Waals surface area contributed by atoms with Gasteiger partial charge in [-0.1, -0.05) is 37.6 Å². The molecule has 0 heterocycles. The molecule has 0 aromatic heterocycles. The van der Waals surface area contributed by atoms with Gasteiger partial charge in [-0.05, 0) is 19.4 Å². The Morgan fingerprint density at radius 3 is 2.41 bits per heavy atom. The molecule has 17 heavy (non-hydrogen) atoms. The van der Waals surface area contributed by atoms with E-state index in [9.17, 15) is 9.59 Å². The molecule has 0 unspecified atom stereocenters. The van der Waals surface area contributed by atoms with Crippen LogP contribution >= 0.6 is 0 Å². The summed E-state index contributed by atoms with van der Waals surface area (Å²) in [4.78, 5) is 23.2. The Morgan fingerprint density at radius 2 is 1.88 bits per heavy atom. The summed E-state index contributed by atoms with van der Waals surface area (Å²) < 4.78 is 0. The van der Waals surface area contributed by atoms with Crippen LogP contribution in [0.5, 0.6) is 0 Å². The number of hydrogen-bond acceptors (Lipinski definition) is 2. The minimum Gasteiger partial charge on any atom is -0.348 e. The zero-order chi connectivity index (χ0) is 13.0. The average Bonchev–Trinajstić information content (AvgIpc) is 2.25. The fourth-order valence-electron chi connectivity index (χ4n) is 1.59. The van der Waals surface area contributed by atoms with Gasteiger partial charge >= 0.3 is 0 Å². The molecule has 1 aromatic rings. The van der Waals surface area contributed by atoms with Crippen LogP contribution in [0.15, 0.2) is 18.2 Å². The first kappa shape index (κ1) is 13.4. The lowest BCUT2D eigenvalue weighted by Gasteiger charge is -2.09. The van der Waals surface area contributed by atoms with Gasteiger partial charge in [0, 0.05) is 11.5 Å². The minimum absolute atomic E-state index is 0.0449. The van der Waals surface area contributed by atoms with E-state index in [4.69, 9.17) is 0 Å². The average molecular weight is 233 g/mol. The maximum Gasteiger partial charge on any atom is 0.222 e. The van der Waals surface area contributed by atoms with Crippen molar-refractivity contribution >= 4 is 11.7 Å². The maximum absolute atomic E-state index is 11.9. The lowest BCUT2D eigenvalue weighted by molar-refractivity contribution is -0.123. The molecule has 1 rings (SSSR count). The van der Waals surface area contributed by atoms with Crippen LogP contribution in [0.25, 0.3) is 0 Å². The summed E-state index contributed by atoms with van der Waals surface area (Å²) in [5.74, 6) is -0.235. The monoisotopic (exact) mass is 233 g/mol. The van der Waals surface area contributed by atoms with Gasteiger partial charge in [-0.25, -0.2) is 0 Å². The van der Waals surface area contributed by atoms with Crippen molar-refractivity contribution in [3.05, 3.63) is 34.9 Å². The molecule has 0 atom stereocenters. The van der Waals surface area contributed by atoms with Crippen LogP contribution < -0.4 is 5.32 Å². The number of benzene rings is 1. The van der Waals surface area contributed by atoms with E-state index in [0.717, 1.165) is 11.1 Å². The zero-order valence-corrected chi connectivity index (χ0v) is 10.8. The summed E-state index contributed by atoms with van der Waals surface area (Å²) in [5, 5.41) is 2.63. The molecule has 3 heteroatoms. The number of hydrogen-bond donors (Lipinski definition) is 1. The van der Waals surface area contributed by atoms with Gasteiger partial charge in [-0.15, -0.1) is 0 Å². The zero-order valence-electron chi connectivity index (χ0n) is 10.8. The van der Waals surface area contributed by atoms with Crippen molar-refractivity contribution < 1.29 is 9.59 Å². The molecule has 1 amide bonds. The van der Waals surface area contributed by atoms with Gasteiger partial charge in [0.15, 0.2) is 5.78 Å². The number of ketones is 1. The van der Waals surface area contributed by atoms with Gasteiger partial charge in [0.1, 0.15) is 0 Å². The number of carbonyl (C=O) groups is 2. The summed E-state index contributed by atoms with van der Waals surface area (Å²) in [6, 6.07) is 5.69. The molecule has 0 fully saturated rings. The molecular formula is C14H19NO2. The van der Waals surface area contributed by atoms with E-state index >= 15 is 0 Å². The third-order valence-corrected chi connectivity index (χ3v) is 2.63. The van der Waals surface area contributed by atoms with Crippen LogP contribution in [0.3, 0.4) is 0 Å². The fourth-order valence-corrected chi connectivity index (χ4v) is 1.59. The maximum atomic E-state index is 11.9. The number of nitrogens with one attached hydrogen (secondary N) is 1. The van der Waals surface area contributed by atoms with Crippen molar-refractivity contribution in [1.29, 1.82) is 0 Å². The molecule has 0 aliphatic heterocycles. The highest BCUT2D eigenvalue weighted by molar-refractivity contribution is 6.00. The Bertz CT molecular complexity index is 436. The van der Waals surface area contributed by atoms with E-state index in [1.165, 1.54) is 0 Å². The lowest BCUT2D eigenvalue weighted by atomic mass is 10.0. The SMILES string of the molecule is Cc1ccc(C(=O)CNC(=O)C(C)C)c(C)c1. The molecule has 0 radical (unpaired) electrons. The van der Waals surface area contributed by atoms with E-state index < -0.39 is 0 Å². The number of aryl methyl sites for hydroxylation is 2. The molecule has 0 saturated heterocycles. The summed E-state index contributed by atoms with van der Waals surface area (Å²) in [5.41, 5.74) is 2.76. The van der Waals surface area contributed by atoms with Crippen LogP contribution in [0.2, 0.25) is 0 Å². The van der Waals surface area contributed by atoms with E-state index in [1.54, 1.807) is 13.8 Å². The molecule has 0 saturated carbocycles.